The highest BCUT2D eigenvalue weighted by atomic mass is 19.1. The van der Waals surface area contributed by atoms with Gasteiger partial charge in [-0.05, 0) is 30.5 Å². The van der Waals surface area contributed by atoms with Gasteiger partial charge in [0.25, 0.3) is 0 Å². The van der Waals surface area contributed by atoms with Crippen molar-refractivity contribution in [2.45, 2.75) is 25.5 Å². The number of piperidine rings is 1. The lowest BCUT2D eigenvalue weighted by Crippen LogP contribution is -2.42. The van der Waals surface area contributed by atoms with Crippen LogP contribution in [-0.4, -0.2) is 41.7 Å². The number of likely N-dealkylation sites (tertiary alicyclic amines) is 1. The molecule has 0 unspecified atom stereocenters. The van der Waals surface area contributed by atoms with E-state index >= 15 is 0 Å². The smallest absolute Gasteiger partial charge is 0.234 e. The van der Waals surface area contributed by atoms with Gasteiger partial charge in [0, 0.05) is 19.6 Å². The molecule has 0 aliphatic carbocycles. The quantitative estimate of drug-likeness (QED) is 0.851. The Labute approximate surface area is 112 Å². The van der Waals surface area contributed by atoms with E-state index in [9.17, 15) is 14.3 Å². The number of aliphatic hydroxyl groups is 1. The summed E-state index contributed by atoms with van der Waals surface area (Å²) in [6, 6.07) is 6.08. The summed E-state index contributed by atoms with van der Waals surface area (Å²) in [5, 5.41) is 12.2. The fourth-order valence-electron chi connectivity index (χ4n) is 2.14. The van der Waals surface area contributed by atoms with Crippen molar-refractivity contribution in [3.8, 4) is 0 Å². The number of nitrogens with zero attached hydrogens (tertiary/aromatic N) is 1. The minimum absolute atomic E-state index is 0.0410. The molecule has 0 saturated carbocycles. The molecule has 1 aliphatic rings. The van der Waals surface area contributed by atoms with Crippen molar-refractivity contribution in [1.82, 2.24) is 10.2 Å². The monoisotopic (exact) mass is 266 g/mol. The SMILES string of the molecule is O=C(CN1CCC(O)CC1)NCc1ccc(F)cc1. The molecule has 1 amide bonds. The Bertz CT molecular complexity index is 414. The van der Waals surface area contributed by atoms with Crippen LogP contribution in [0.25, 0.3) is 0 Å². The molecule has 1 aromatic rings. The van der Waals surface area contributed by atoms with Crippen LogP contribution in [0.5, 0.6) is 0 Å². The minimum Gasteiger partial charge on any atom is -0.393 e. The van der Waals surface area contributed by atoms with E-state index in [0.29, 0.717) is 13.1 Å². The molecule has 0 aromatic heterocycles. The highest BCUT2D eigenvalue weighted by Crippen LogP contribution is 2.09. The van der Waals surface area contributed by atoms with Gasteiger partial charge in [-0.3, -0.25) is 9.69 Å². The first-order chi connectivity index (χ1) is 9.13. The zero-order chi connectivity index (χ0) is 13.7. The van der Waals surface area contributed by atoms with Crippen molar-refractivity contribution in [3.63, 3.8) is 0 Å². The number of hydrogen-bond acceptors (Lipinski definition) is 3. The predicted octanol–water partition coefficient (Wildman–Crippen LogP) is 0.899. The number of benzene rings is 1. The zero-order valence-corrected chi connectivity index (χ0v) is 10.8. The Morgan fingerprint density at radius 3 is 2.58 bits per heavy atom. The van der Waals surface area contributed by atoms with Crippen LogP contribution in [0.3, 0.4) is 0 Å². The van der Waals surface area contributed by atoms with Gasteiger partial charge in [-0.15, -0.1) is 0 Å². The Morgan fingerprint density at radius 2 is 1.95 bits per heavy atom. The maximum absolute atomic E-state index is 12.7. The Kier molecular flexibility index (Phi) is 4.87. The molecule has 0 atom stereocenters. The van der Waals surface area contributed by atoms with Gasteiger partial charge in [0.15, 0.2) is 0 Å². The van der Waals surface area contributed by atoms with Crippen LogP contribution in [-0.2, 0) is 11.3 Å². The second kappa shape index (κ2) is 6.63. The van der Waals surface area contributed by atoms with Crippen LogP contribution in [0.4, 0.5) is 4.39 Å². The number of nitrogens with one attached hydrogen (secondary N) is 1. The highest BCUT2D eigenvalue weighted by molar-refractivity contribution is 5.78. The number of carbonyl (C=O) groups is 1. The van der Waals surface area contributed by atoms with Gasteiger partial charge in [0.1, 0.15) is 5.82 Å². The fourth-order valence-corrected chi connectivity index (χ4v) is 2.14. The average Bonchev–Trinajstić information content (AvgIpc) is 2.41. The lowest BCUT2D eigenvalue weighted by Gasteiger charge is -2.28. The summed E-state index contributed by atoms with van der Waals surface area (Å²) in [6.45, 7) is 2.28. The molecule has 1 heterocycles. The van der Waals surface area contributed by atoms with E-state index in [4.69, 9.17) is 0 Å². The predicted molar refractivity (Wildman–Crippen MR) is 69.9 cm³/mol. The lowest BCUT2D eigenvalue weighted by atomic mass is 10.1. The molecule has 1 saturated heterocycles. The standard InChI is InChI=1S/C14H19FN2O2/c15-12-3-1-11(2-4-12)9-16-14(19)10-17-7-5-13(18)6-8-17/h1-4,13,18H,5-10H2,(H,16,19). The first-order valence-electron chi connectivity index (χ1n) is 6.55. The van der Waals surface area contributed by atoms with Crippen molar-refractivity contribution in [2.75, 3.05) is 19.6 Å². The number of halogens is 1. The first-order valence-corrected chi connectivity index (χ1v) is 6.55. The van der Waals surface area contributed by atoms with Gasteiger partial charge in [-0.2, -0.15) is 0 Å². The van der Waals surface area contributed by atoms with Crippen LogP contribution in [0.1, 0.15) is 18.4 Å². The van der Waals surface area contributed by atoms with E-state index < -0.39 is 0 Å². The van der Waals surface area contributed by atoms with Gasteiger partial charge in [0.05, 0.1) is 12.6 Å². The molecule has 0 spiro atoms. The molecule has 1 fully saturated rings. The summed E-state index contributed by atoms with van der Waals surface area (Å²) < 4.78 is 12.7. The van der Waals surface area contributed by atoms with Gasteiger partial charge in [-0.25, -0.2) is 4.39 Å². The molecule has 104 valence electrons. The topological polar surface area (TPSA) is 52.6 Å². The summed E-state index contributed by atoms with van der Waals surface area (Å²) in [5.41, 5.74) is 0.879. The second-order valence-electron chi connectivity index (χ2n) is 4.91. The average molecular weight is 266 g/mol. The molecule has 2 rings (SSSR count). The van der Waals surface area contributed by atoms with E-state index in [0.717, 1.165) is 31.5 Å². The third-order valence-electron chi connectivity index (χ3n) is 3.33. The second-order valence-corrected chi connectivity index (χ2v) is 4.91. The lowest BCUT2D eigenvalue weighted by molar-refractivity contribution is -0.122. The molecule has 19 heavy (non-hydrogen) atoms. The summed E-state index contributed by atoms with van der Waals surface area (Å²) >= 11 is 0. The normalized spacial score (nSPS) is 17.4. The molecule has 5 heteroatoms. The molecule has 0 bridgehead atoms. The first kappa shape index (κ1) is 14.0. The molecular weight excluding hydrogens is 247 g/mol. The van der Waals surface area contributed by atoms with Crippen molar-refractivity contribution in [1.29, 1.82) is 0 Å². The largest absolute Gasteiger partial charge is 0.393 e. The van der Waals surface area contributed by atoms with E-state index in [2.05, 4.69) is 5.32 Å². The third kappa shape index (κ3) is 4.61. The van der Waals surface area contributed by atoms with Crippen LogP contribution >= 0.6 is 0 Å². The van der Waals surface area contributed by atoms with E-state index in [-0.39, 0.29) is 17.8 Å². The molecular formula is C14H19FN2O2. The number of rotatable bonds is 4. The molecule has 1 aromatic carbocycles. The van der Waals surface area contributed by atoms with Gasteiger partial charge in [0.2, 0.25) is 5.91 Å². The van der Waals surface area contributed by atoms with E-state index in [1.807, 2.05) is 4.90 Å². The van der Waals surface area contributed by atoms with E-state index in [1.54, 1.807) is 12.1 Å². The Morgan fingerprint density at radius 1 is 1.32 bits per heavy atom. The minimum atomic E-state index is -0.276. The van der Waals surface area contributed by atoms with Crippen molar-refractivity contribution >= 4 is 5.91 Å². The van der Waals surface area contributed by atoms with Crippen molar-refractivity contribution < 1.29 is 14.3 Å². The zero-order valence-electron chi connectivity index (χ0n) is 10.8. The maximum Gasteiger partial charge on any atom is 0.234 e. The molecule has 0 radical (unpaired) electrons. The molecule has 2 N–H and O–H groups in total. The van der Waals surface area contributed by atoms with Crippen LogP contribution in [0.15, 0.2) is 24.3 Å². The fraction of sp³-hybridized carbons (Fsp3) is 0.500. The van der Waals surface area contributed by atoms with Crippen LogP contribution in [0, 0.1) is 5.82 Å². The Hall–Kier alpha value is -1.46. The third-order valence-corrected chi connectivity index (χ3v) is 3.33. The number of hydrogen-bond donors (Lipinski definition) is 2. The van der Waals surface area contributed by atoms with Gasteiger partial charge >= 0.3 is 0 Å². The summed E-state index contributed by atoms with van der Waals surface area (Å²) in [4.78, 5) is 13.8. The maximum atomic E-state index is 12.7. The van der Waals surface area contributed by atoms with Gasteiger partial charge in [-0.1, -0.05) is 12.1 Å². The van der Waals surface area contributed by atoms with Gasteiger partial charge < -0.3 is 10.4 Å². The number of amides is 1. The Balaban J connectivity index is 1.71. The highest BCUT2D eigenvalue weighted by Gasteiger charge is 2.18. The molecule has 4 nitrogen and oxygen atoms in total. The van der Waals surface area contributed by atoms with E-state index in [1.165, 1.54) is 12.1 Å². The van der Waals surface area contributed by atoms with Crippen LogP contribution < -0.4 is 5.32 Å². The number of aliphatic hydroxyl groups excluding tert-OH is 1. The van der Waals surface area contributed by atoms with Crippen molar-refractivity contribution in [2.24, 2.45) is 0 Å². The summed E-state index contributed by atoms with van der Waals surface area (Å²) in [7, 11) is 0. The summed E-state index contributed by atoms with van der Waals surface area (Å²) in [5.74, 6) is -0.317. The number of carbonyl (C=O) groups excluding carboxylic acids is 1. The van der Waals surface area contributed by atoms with Crippen molar-refractivity contribution in [3.05, 3.63) is 35.6 Å². The van der Waals surface area contributed by atoms with Crippen LogP contribution in [0.2, 0.25) is 0 Å². The summed E-state index contributed by atoms with van der Waals surface area (Å²) in [6.07, 6.45) is 1.23. The molecule has 1 aliphatic heterocycles.